The average Bonchev–Trinajstić information content (AvgIpc) is 3.82. The number of nitrogens with one attached hydrogen (secondary N) is 2. The molecule has 2 fully saturated rings. The summed E-state index contributed by atoms with van der Waals surface area (Å²) in [6, 6.07) is 10.8. The van der Waals surface area contributed by atoms with Gasteiger partial charge in [-0.2, -0.15) is 0 Å². The second-order valence-corrected chi connectivity index (χ2v) is 17.3. The van der Waals surface area contributed by atoms with E-state index in [2.05, 4.69) is 34.7 Å². The minimum absolute atomic E-state index is 0.0337. The third-order valence-electron chi connectivity index (χ3n) is 11.6. The molecule has 4 aliphatic heterocycles. The molecule has 0 bridgehead atoms. The van der Waals surface area contributed by atoms with Crippen molar-refractivity contribution < 1.29 is 33.5 Å². The molecular formula is C43H46ClN9O7S. The largest absolute Gasteiger partial charge is 0.493 e. The van der Waals surface area contributed by atoms with Gasteiger partial charge in [-0.25, -0.2) is 0 Å². The van der Waals surface area contributed by atoms with Gasteiger partial charge in [0.1, 0.15) is 28.7 Å². The van der Waals surface area contributed by atoms with Crippen LogP contribution in [0.15, 0.2) is 47.5 Å². The van der Waals surface area contributed by atoms with Gasteiger partial charge in [-0.05, 0) is 76.3 Å². The fourth-order valence-electron chi connectivity index (χ4n) is 8.26. The number of aromatic nitrogens is 3. The maximum absolute atomic E-state index is 13.9. The third kappa shape index (κ3) is 8.46. The first-order chi connectivity index (χ1) is 29.4. The number of carbonyl (C=O) groups is 6. The van der Waals surface area contributed by atoms with Crippen molar-refractivity contribution in [1.29, 1.82) is 0 Å². The lowest BCUT2D eigenvalue weighted by Gasteiger charge is -2.34. The van der Waals surface area contributed by atoms with E-state index in [4.69, 9.17) is 21.3 Å². The number of aliphatic imine (C=N–C) groups is 1. The van der Waals surface area contributed by atoms with Gasteiger partial charge in [-0.1, -0.05) is 29.8 Å². The fraction of sp³-hybridized carbons (Fsp3) is 0.419. The van der Waals surface area contributed by atoms with Crippen LogP contribution >= 0.6 is 22.9 Å². The van der Waals surface area contributed by atoms with Crippen molar-refractivity contribution in [1.82, 2.24) is 40.1 Å². The highest BCUT2D eigenvalue weighted by Gasteiger charge is 2.46. The van der Waals surface area contributed by atoms with Crippen LogP contribution in [-0.2, 0) is 19.2 Å². The Kier molecular flexibility index (Phi) is 12.1. The number of hydrogen-bond donors (Lipinski definition) is 2. The molecule has 6 heterocycles. The van der Waals surface area contributed by atoms with Crippen molar-refractivity contribution >= 4 is 64.1 Å². The van der Waals surface area contributed by atoms with E-state index in [1.165, 1.54) is 10.9 Å². The van der Waals surface area contributed by atoms with Crippen LogP contribution in [0.3, 0.4) is 0 Å². The SMILES string of the molecule is Cc1sc2c(c1C)C(c1ccc(Cl)cc1)=NC(CC(=O)N1CCN(CC(=O)NCCCCCOc3cccc4c3C(=O)N(C3CCC(=O)NC3=O)C4=O)CC1)c1nnc(C)n1-2. The summed E-state index contributed by atoms with van der Waals surface area (Å²) in [5, 5.41) is 15.7. The molecule has 0 saturated carbocycles. The molecule has 16 nitrogen and oxygen atoms in total. The molecule has 6 amide bonds. The van der Waals surface area contributed by atoms with Crippen LogP contribution in [0.4, 0.5) is 0 Å². The Hall–Kier alpha value is -5.78. The number of piperidine rings is 1. The predicted octanol–water partition coefficient (Wildman–Crippen LogP) is 4.10. The lowest BCUT2D eigenvalue weighted by atomic mass is 9.99. The van der Waals surface area contributed by atoms with E-state index in [0.29, 0.717) is 63.0 Å². The van der Waals surface area contributed by atoms with Gasteiger partial charge in [0.05, 0.1) is 36.4 Å². The molecule has 8 rings (SSSR count). The molecule has 4 aromatic rings. The van der Waals surface area contributed by atoms with Crippen LogP contribution < -0.4 is 15.4 Å². The van der Waals surface area contributed by atoms with Gasteiger partial charge in [0.15, 0.2) is 5.82 Å². The van der Waals surface area contributed by atoms with E-state index in [1.807, 2.05) is 45.6 Å². The summed E-state index contributed by atoms with van der Waals surface area (Å²) in [7, 11) is 0. The van der Waals surface area contributed by atoms with Gasteiger partial charge in [-0.15, -0.1) is 21.5 Å². The number of piperazine rings is 1. The van der Waals surface area contributed by atoms with Crippen LogP contribution in [0.2, 0.25) is 5.02 Å². The van der Waals surface area contributed by atoms with Gasteiger partial charge in [-0.3, -0.25) is 53.4 Å². The molecule has 2 atom stereocenters. The lowest BCUT2D eigenvalue weighted by molar-refractivity contribution is -0.136. The molecule has 0 spiro atoms. The van der Waals surface area contributed by atoms with E-state index >= 15 is 0 Å². The first-order valence-corrected chi connectivity index (χ1v) is 21.7. The normalized spacial score (nSPS) is 18.9. The molecule has 2 N–H and O–H groups in total. The fourth-order valence-corrected chi connectivity index (χ4v) is 9.60. The number of aryl methyl sites for hydroxylation is 2. The van der Waals surface area contributed by atoms with Gasteiger partial charge in [0.25, 0.3) is 11.8 Å². The summed E-state index contributed by atoms with van der Waals surface area (Å²) in [4.78, 5) is 88.3. The van der Waals surface area contributed by atoms with Crippen LogP contribution in [0.1, 0.15) is 98.5 Å². The molecule has 2 saturated heterocycles. The van der Waals surface area contributed by atoms with E-state index in [-0.39, 0.29) is 54.5 Å². The Labute approximate surface area is 361 Å². The van der Waals surface area contributed by atoms with Crippen molar-refractivity contribution in [3.8, 4) is 10.8 Å². The van der Waals surface area contributed by atoms with Crippen molar-refractivity contribution in [2.24, 2.45) is 4.99 Å². The Morgan fingerprint density at radius 1 is 0.934 bits per heavy atom. The summed E-state index contributed by atoms with van der Waals surface area (Å²) in [6.07, 6.45) is 2.37. The number of fused-ring (bicyclic) bond motifs is 4. The van der Waals surface area contributed by atoms with Gasteiger partial charge >= 0.3 is 0 Å². The maximum atomic E-state index is 13.9. The summed E-state index contributed by atoms with van der Waals surface area (Å²) in [5.74, 6) is -0.779. The number of benzene rings is 2. The molecule has 61 heavy (non-hydrogen) atoms. The van der Waals surface area contributed by atoms with E-state index in [0.717, 1.165) is 44.5 Å². The molecule has 318 valence electrons. The molecular weight excluding hydrogens is 822 g/mol. The number of nitrogens with zero attached hydrogens (tertiary/aromatic N) is 7. The first-order valence-electron chi connectivity index (χ1n) is 20.5. The highest BCUT2D eigenvalue weighted by Crippen LogP contribution is 2.40. The van der Waals surface area contributed by atoms with E-state index in [9.17, 15) is 28.8 Å². The lowest BCUT2D eigenvalue weighted by Crippen LogP contribution is -2.54. The molecule has 2 aromatic heterocycles. The summed E-state index contributed by atoms with van der Waals surface area (Å²) in [5.41, 5.74) is 4.13. The van der Waals surface area contributed by atoms with Crippen LogP contribution in [0, 0.1) is 20.8 Å². The molecule has 4 aliphatic rings. The van der Waals surface area contributed by atoms with E-state index in [1.54, 1.807) is 23.5 Å². The minimum atomic E-state index is -1.05. The second kappa shape index (κ2) is 17.7. The van der Waals surface area contributed by atoms with Gasteiger partial charge in [0.2, 0.25) is 23.6 Å². The van der Waals surface area contributed by atoms with Crippen molar-refractivity contribution in [3.63, 3.8) is 0 Å². The number of thiophene rings is 1. The monoisotopic (exact) mass is 867 g/mol. The summed E-state index contributed by atoms with van der Waals surface area (Å²) < 4.78 is 7.96. The third-order valence-corrected chi connectivity index (χ3v) is 13.1. The molecule has 0 radical (unpaired) electrons. The number of halogens is 1. The number of hydrogen-bond acceptors (Lipinski definition) is 12. The Balaban J connectivity index is 0.783. The predicted molar refractivity (Wildman–Crippen MR) is 226 cm³/mol. The quantitative estimate of drug-likeness (QED) is 0.146. The minimum Gasteiger partial charge on any atom is -0.493 e. The zero-order chi connectivity index (χ0) is 42.9. The Morgan fingerprint density at radius 2 is 1.70 bits per heavy atom. The Bertz CT molecular complexity index is 2450. The number of carbonyl (C=O) groups excluding carboxylic acids is 6. The summed E-state index contributed by atoms with van der Waals surface area (Å²) in [6.45, 7) is 9.21. The number of ether oxygens (including phenoxy) is 1. The second-order valence-electron chi connectivity index (χ2n) is 15.7. The van der Waals surface area contributed by atoms with Gasteiger partial charge in [0, 0.05) is 60.2 Å². The van der Waals surface area contributed by atoms with Crippen LogP contribution in [-0.4, -0.2) is 123 Å². The van der Waals surface area contributed by atoms with Crippen LogP contribution in [0.5, 0.6) is 5.75 Å². The van der Waals surface area contributed by atoms with Crippen molar-refractivity contribution in [3.05, 3.63) is 91.8 Å². The molecule has 2 aromatic carbocycles. The highest BCUT2D eigenvalue weighted by atomic mass is 35.5. The zero-order valence-electron chi connectivity index (χ0n) is 34.2. The van der Waals surface area contributed by atoms with Crippen LogP contribution in [0.25, 0.3) is 5.00 Å². The van der Waals surface area contributed by atoms with Crippen molar-refractivity contribution in [2.45, 2.75) is 71.4 Å². The number of rotatable bonds is 13. The molecule has 18 heteroatoms. The zero-order valence-corrected chi connectivity index (χ0v) is 35.7. The smallest absolute Gasteiger partial charge is 0.266 e. The summed E-state index contributed by atoms with van der Waals surface area (Å²) >= 11 is 7.92. The first kappa shape index (κ1) is 41.9. The maximum Gasteiger partial charge on any atom is 0.266 e. The molecule has 0 aliphatic carbocycles. The highest BCUT2D eigenvalue weighted by molar-refractivity contribution is 7.15. The van der Waals surface area contributed by atoms with E-state index < -0.39 is 35.7 Å². The van der Waals surface area contributed by atoms with Gasteiger partial charge < -0.3 is 15.0 Å². The number of imide groups is 2. The topological polar surface area (TPSA) is 188 Å². The van der Waals surface area contributed by atoms with Crippen molar-refractivity contribution in [2.75, 3.05) is 45.9 Å². The molecule has 2 unspecified atom stereocenters. The number of unbranched alkanes of at least 4 members (excludes halogenated alkanes) is 2. The number of amides is 6. The Morgan fingerprint density at radius 3 is 2.46 bits per heavy atom. The average molecular weight is 868 g/mol. The standard InChI is InChI=1S/C43H46ClN9O7S/c1-24-25(2)61-43-36(24)38(27-10-12-28(44)13-11-27)46-30(39-49-48-26(3)52(39)43)22-35(56)51-19-17-50(18-20-51)23-34(55)45-16-5-4-6-21-60-32-9-7-8-29-37(32)42(59)53(41(29)58)31-14-15-33(54)47-40(31)57/h7-13,30-31H,4-6,14-23H2,1-3H3,(H,45,55)(H,47,54,57).